The number of hydrogen-bond acceptors (Lipinski definition) is 7. The summed E-state index contributed by atoms with van der Waals surface area (Å²) in [6.45, 7) is 6.49. The molecule has 188 valence electrons. The lowest BCUT2D eigenvalue weighted by molar-refractivity contribution is -0.132. The van der Waals surface area contributed by atoms with Crippen molar-refractivity contribution < 1.29 is 33.6 Å². The highest BCUT2D eigenvalue weighted by atomic mass is 16.7. The van der Waals surface area contributed by atoms with E-state index in [0.717, 1.165) is 5.56 Å². The summed E-state index contributed by atoms with van der Waals surface area (Å²) in [4.78, 5) is 28.3. The first kappa shape index (κ1) is 23.0. The number of hydrogen-bond donors (Lipinski definition) is 1. The smallest absolute Gasteiger partial charge is 0.300 e. The number of fused-ring (bicyclic) bond motifs is 2. The molecule has 0 spiro atoms. The Morgan fingerprint density at radius 1 is 0.811 bits per heavy atom. The van der Waals surface area contributed by atoms with Gasteiger partial charge in [-0.05, 0) is 46.9 Å². The number of Topliss-reactive ketones (excluding diaryl/α,β-unsaturated/α-hetero) is 1. The number of anilines is 1. The van der Waals surface area contributed by atoms with Gasteiger partial charge in [0.05, 0.1) is 11.6 Å². The van der Waals surface area contributed by atoms with Crippen molar-refractivity contribution in [2.75, 3.05) is 18.5 Å². The topological polar surface area (TPSA) is 94.5 Å². The van der Waals surface area contributed by atoms with E-state index >= 15 is 0 Å². The molecule has 0 radical (unpaired) electrons. The number of aliphatic hydroxyl groups is 1. The summed E-state index contributed by atoms with van der Waals surface area (Å²) in [7, 11) is 0. The third-order valence-electron chi connectivity index (χ3n) is 6.82. The highest BCUT2D eigenvalue weighted by Gasteiger charge is 2.47. The zero-order valence-corrected chi connectivity index (χ0v) is 20.6. The van der Waals surface area contributed by atoms with Crippen LogP contribution >= 0.6 is 0 Å². The molecule has 0 aliphatic carbocycles. The molecule has 0 saturated carbocycles. The van der Waals surface area contributed by atoms with E-state index in [2.05, 4.69) is 20.8 Å². The summed E-state index contributed by atoms with van der Waals surface area (Å²) in [5.41, 5.74) is 2.51. The van der Waals surface area contributed by atoms with Gasteiger partial charge < -0.3 is 24.1 Å². The molecule has 0 aromatic heterocycles. The molecule has 0 bridgehead atoms. The van der Waals surface area contributed by atoms with Gasteiger partial charge in [-0.15, -0.1) is 0 Å². The second-order valence-electron chi connectivity index (χ2n) is 10.1. The Hall–Kier alpha value is -4.46. The molecule has 3 heterocycles. The number of aliphatic hydroxyl groups excluding tert-OH is 1. The Morgan fingerprint density at radius 2 is 1.41 bits per heavy atom. The van der Waals surface area contributed by atoms with Crippen molar-refractivity contribution in [3.8, 4) is 23.0 Å². The summed E-state index contributed by atoms with van der Waals surface area (Å²) in [5.74, 6) is 0.240. The van der Waals surface area contributed by atoms with E-state index in [0.29, 0.717) is 39.8 Å². The van der Waals surface area contributed by atoms with Crippen molar-refractivity contribution in [2.24, 2.45) is 0 Å². The van der Waals surface area contributed by atoms with Gasteiger partial charge >= 0.3 is 0 Å². The molecule has 1 amide bonds. The van der Waals surface area contributed by atoms with Crippen LogP contribution in [0.15, 0.2) is 66.2 Å². The largest absolute Gasteiger partial charge is 0.507 e. The number of nitrogens with zero attached hydrogens (tertiary/aromatic N) is 1. The number of carbonyl (C=O) groups excluding carboxylic acids is 2. The van der Waals surface area contributed by atoms with E-state index in [9.17, 15) is 14.7 Å². The van der Waals surface area contributed by atoms with Gasteiger partial charge in [0.2, 0.25) is 13.6 Å². The highest BCUT2D eigenvalue weighted by Crippen LogP contribution is 2.46. The first-order valence-electron chi connectivity index (χ1n) is 11.9. The Kier molecular flexibility index (Phi) is 5.15. The fraction of sp³-hybridized carbons (Fsp3) is 0.241. The minimum absolute atomic E-state index is 0.00922. The molecule has 3 aliphatic rings. The van der Waals surface area contributed by atoms with Crippen LogP contribution in [0.5, 0.6) is 23.0 Å². The lowest BCUT2D eigenvalue weighted by atomic mass is 9.85. The van der Waals surface area contributed by atoms with E-state index in [1.54, 1.807) is 36.4 Å². The van der Waals surface area contributed by atoms with Gasteiger partial charge in [-0.2, -0.15) is 0 Å². The van der Waals surface area contributed by atoms with Crippen molar-refractivity contribution in [2.45, 2.75) is 32.2 Å². The number of benzene rings is 3. The zero-order valence-electron chi connectivity index (χ0n) is 20.6. The number of rotatable bonds is 3. The van der Waals surface area contributed by atoms with Gasteiger partial charge in [0, 0.05) is 17.3 Å². The van der Waals surface area contributed by atoms with Crippen LogP contribution in [-0.4, -0.2) is 30.4 Å². The summed E-state index contributed by atoms with van der Waals surface area (Å²) < 4.78 is 21.7. The molecule has 1 fully saturated rings. The van der Waals surface area contributed by atoms with Crippen LogP contribution in [0.2, 0.25) is 0 Å². The SMILES string of the molecule is CC(C)(C)c1ccc(C2/C(=C(\O)c3ccc4c(c3)OCO4)C(=O)C(=O)N2c2ccc3c(c2)OCO3)cc1. The van der Waals surface area contributed by atoms with Crippen LogP contribution in [0.4, 0.5) is 5.69 Å². The molecular formula is C29H25NO7. The van der Waals surface area contributed by atoms with Gasteiger partial charge in [-0.3, -0.25) is 14.5 Å². The van der Waals surface area contributed by atoms with E-state index in [1.165, 1.54) is 4.90 Å². The summed E-state index contributed by atoms with van der Waals surface area (Å²) in [5, 5.41) is 11.4. The number of amides is 1. The molecule has 1 atom stereocenters. The predicted molar refractivity (Wildman–Crippen MR) is 135 cm³/mol. The maximum Gasteiger partial charge on any atom is 0.300 e. The van der Waals surface area contributed by atoms with Gasteiger partial charge in [0.15, 0.2) is 23.0 Å². The predicted octanol–water partition coefficient (Wildman–Crippen LogP) is 5.07. The minimum atomic E-state index is -0.861. The normalized spacial score (nSPS) is 19.5. The minimum Gasteiger partial charge on any atom is -0.507 e. The first-order valence-corrected chi connectivity index (χ1v) is 11.9. The molecule has 8 nitrogen and oxygen atoms in total. The van der Waals surface area contributed by atoms with E-state index in [4.69, 9.17) is 18.9 Å². The van der Waals surface area contributed by atoms with Crippen LogP contribution < -0.4 is 23.8 Å². The monoisotopic (exact) mass is 499 g/mol. The summed E-state index contributed by atoms with van der Waals surface area (Å²) in [6, 6.07) is 16.9. The van der Waals surface area contributed by atoms with Crippen molar-refractivity contribution >= 4 is 23.1 Å². The molecule has 1 saturated heterocycles. The van der Waals surface area contributed by atoms with Crippen LogP contribution in [0.3, 0.4) is 0 Å². The Labute approximate surface area is 213 Å². The van der Waals surface area contributed by atoms with Gasteiger partial charge in [0.25, 0.3) is 11.7 Å². The van der Waals surface area contributed by atoms with Gasteiger partial charge in [-0.1, -0.05) is 45.0 Å². The second kappa shape index (κ2) is 8.30. The average molecular weight is 500 g/mol. The standard InChI is InChI=1S/C29H25NO7/c1-29(2,3)18-7-4-16(5-8-18)25-24(26(31)17-6-10-20-22(12-17)36-14-34-20)27(32)28(33)30(25)19-9-11-21-23(13-19)37-15-35-21/h4-13,25,31H,14-15H2,1-3H3/b26-24+. The second-order valence-corrected chi connectivity index (χ2v) is 10.1. The first-order chi connectivity index (χ1) is 17.7. The summed E-state index contributed by atoms with van der Waals surface area (Å²) in [6.07, 6.45) is 0. The molecular weight excluding hydrogens is 474 g/mol. The van der Waals surface area contributed by atoms with Crippen molar-refractivity contribution in [3.63, 3.8) is 0 Å². The lowest BCUT2D eigenvalue weighted by Gasteiger charge is -2.26. The molecule has 1 N–H and O–H groups in total. The fourth-order valence-corrected chi connectivity index (χ4v) is 4.81. The maximum absolute atomic E-state index is 13.5. The number of carbonyl (C=O) groups is 2. The zero-order chi connectivity index (χ0) is 25.9. The molecule has 3 aliphatic heterocycles. The van der Waals surface area contributed by atoms with Crippen LogP contribution in [0.25, 0.3) is 5.76 Å². The number of ketones is 1. The molecule has 3 aromatic carbocycles. The highest BCUT2D eigenvalue weighted by molar-refractivity contribution is 6.51. The molecule has 8 heteroatoms. The van der Waals surface area contributed by atoms with E-state index in [-0.39, 0.29) is 30.3 Å². The maximum atomic E-state index is 13.5. The Bertz CT molecular complexity index is 1470. The molecule has 1 unspecified atom stereocenters. The average Bonchev–Trinajstić information content (AvgIpc) is 3.60. The number of ether oxygens (including phenoxy) is 4. The van der Waals surface area contributed by atoms with E-state index in [1.807, 2.05) is 24.3 Å². The lowest BCUT2D eigenvalue weighted by Crippen LogP contribution is -2.29. The third-order valence-corrected chi connectivity index (χ3v) is 6.82. The van der Waals surface area contributed by atoms with Gasteiger partial charge in [-0.25, -0.2) is 0 Å². The van der Waals surface area contributed by atoms with Crippen LogP contribution in [0, 0.1) is 0 Å². The van der Waals surface area contributed by atoms with Crippen molar-refractivity contribution in [1.29, 1.82) is 0 Å². The fourth-order valence-electron chi connectivity index (χ4n) is 4.81. The third kappa shape index (κ3) is 3.76. The van der Waals surface area contributed by atoms with Gasteiger partial charge in [0.1, 0.15) is 5.76 Å². The molecule has 6 rings (SSSR count). The quantitative estimate of drug-likeness (QED) is 0.306. The van der Waals surface area contributed by atoms with Crippen molar-refractivity contribution in [3.05, 3.63) is 82.9 Å². The molecule has 37 heavy (non-hydrogen) atoms. The Morgan fingerprint density at radius 3 is 2.05 bits per heavy atom. The Balaban J connectivity index is 1.52. The molecule has 3 aromatic rings. The summed E-state index contributed by atoms with van der Waals surface area (Å²) >= 11 is 0. The van der Waals surface area contributed by atoms with E-state index < -0.39 is 17.7 Å². The van der Waals surface area contributed by atoms with Crippen LogP contribution in [0.1, 0.15) is 43.5 Å². The van der Waals surface area contributed by atoms with Crippen molar-refractivity contribution in [1.82, 2.24) is 0 Å². The van der Waals surface area contributed by atoms with Crippen LogP contribution in [-0.2, 0) is 15.0 Å².